The van der Waals surface area contributed by atoms with Gasteiger partial charge in [-0.25, -0.2) is 0 Å². The highest BCUT2D eigenvalue weighted by atomic mass is 16.5. The van der Waals surface area contributed by atoms with Crippen molar-refractivity contribution in [1.29, 1.82) is 0 Å². The molecule has 1 saturated heterocycles. The fourth-order valence-corrected chi connectivity index (χ4v) is 0.794. The number of hydrogen-bond acceptors (Lipinski definition) is 2. The second-order valence-corrected chi connectivity index (χ2v) is 2.45. The molecule has 0 aromatic heterocycles. The molecule has 2 atom stereocenters. The Morgan fingerprint density at radius 2 is 2.25 bits per heavy atom. The summed E-state index contributed by atoms with van der Waals surface area (Å²) in [5.74, 6) is 0. The van der Waals surface area contributed by atoms with Crippen LogP contribution in [-0.4, -0.2) is 25.3 Å². The maximum atomic E-state index is 5.33. The molecule has 0 aliphatic carbocycles. The van der Waals surface area contributed by atoms with Crippen LogP contribution in [0.2, 0.25) is 0 Å². The van der Waals surface area contributed by atoms with Gasteiger partial charge in [0.05, 0.1) is 12.7 Å². The first kappa shape index (κ1) is 6.05. The van der Waals surface area contributed by atoms with Crippen molar-refractivity contribution in [3.8, 4) is 0 Å². The number of nitrogens with one attached hydrogen (secondary N) is 1. The molecule has 1 aliphatic rings. The molecule has 2 nitrogen and oxygen atoms in total. The average molecular weight is 115 g/mol. The monoisotopic (exact) mass is 115 g/mol. The van der Waals surface area contributed by atoms with Gasteiger partial charge in [0.15, 0.2) is 0 Å². The minimum absolute atomic E-state index is 0.409. The Kier molecular flexibility index (Phi) is 1.86. The van der Waals surface area contributed by atoms with Crippen LogP contribution in [0.3, 0.4) is 0 Å². The molecule has 8 heavy (non-hydrogen) atoms. The lowest BCUT2D eigenvalue weighted by Gasteiger charge is -2.25. The molecule has 48 valence electrons. The first-order valence-corrected chi connectivity index (χ1v) is 3.14. The molecular weight excluding hydrogens is 102 g/mol. The zero-order valence-corrected chi connectivity index (χ0v) is 5.48. The predicted molar refractivity (Wildman–Crippen MR) is 32.9 cm³/mol. The van der Waals surface area contributed by atoms with E-state index in [-0.39, 0.29) is 0 Å². The van der Waals surface area contributed by atoms with E-state index in [1.807, 2.05) is 0 Å². The van der Waals surface area contributed by atoms with Crippen LogP contribution in [-0.2, 0) is 4.74 Å². The summed E-state index contributed by atoms with van der Waals surface area (Å²) in [7, 11) is 0. The van der Waals surface area contributed by atoms with Gasteiger partial charge in [0, 0.05) is 12.6 Å². The Labute approximate surface area is 50.2 Å². The van der Waals surface area contributed by atoms with Crippen LogP contribution in [0.4, 0.5) is 0 Å². The van der Waals surface area contributed by atoms with Gasteiger partial charge in [0.1, 0.15) is 0 Å². The van der Waals surface area contributed by atoms with Gasteiger partial charge in [-0.15, -0.1) is 0 Å². The van der Waals surface area contributed by atoms with Gasteiger partial charge < -0.3 is 10.1 Å². The summed E-state index contributed by atoms with van der Waals surface area (Å²) in [5.41, 5.74) is 0. The molecule has 2 heteroatoms. The maximum absolute atomic E-state index is 5.33. The Balaban J connectivity index is 2.19. The van der Waals surface area contributed by atoms with E-state index in [9.17, 15) is 0 Å². The van der Waals surface area contributed by atoms with Gasteiger partial charge >= 0.3 is 0 Å². The van der Waals surface area contributed by atoms with Crippen molar-refractivity contribution in [2.75, 3.05) is 13.2 Å². The van der Waals surface area contributed by atoms with Crippen LogP contribution in [0.15, 0.2) is 0 Å². The van der Waals surface area contributed by atoms with Crippen molar-refractivity contribution in [3.63, 3.8) is 0 Å². The molecule has 0 amide bonds. The third kappa shape index (κ3) is 1.46. The molecule has 0 radical (unpaired) electrons. The highest BCUT2D eigenvalue weighted by molar-refractivity contribution is 4.68. The van der Waals surface area contributed by atoms with Crippen LogP contribution in [0.1, 0.15) is 13.8 Å². The van der Waals surface area contributed by atoms with E-state index >= 15 is 0 Å². The second-order valence-electron chi connectivity index (χ2n) is 2.45. The zero-order chi connectivity index (χ0) is 5.98. The van der Waals surface area contributed by atoms with Crippen LogP contribution in [0, 0.1) is 0 Å². The molecule has 0 bridgehead atoms. The Morgan fingerprint density at radius 3 is 2.62 bits per heavy atom. The quantitative estimate of drug-likeness (QED) is 0.493. The van der Waals surface area contributed by atoms with Gasteiger partial charge in [-0.2, -0.15) is 0 Å². The van der Waals surface area contributed by atoms with E-state index < -0.39 is 0 Å². The summed E-state index contributed by atoms with van der Waals surface area (Å²) in [4.78, 5) is 0. The summed E-state index contributed by atoms with van der Waals surface area (Å²) in [5, 5.41) is 3.31. The molecule has 0 aromatic carbocycles. The SMILES string of the molecule is C[C@@H]1CO[C@@H](C)CN1. The first-order chi connectivity index (χ1) is 3.79. The summed E-state index contributed by atoms with van der Waals surface area (Å²) in [6.45, 7) is 6.08. The highest BCUT2D eigenvalue weighted by Crippen LogP contribution is 1.97. The predicted octanol–water partition coefficient (Wildman–Crippen LogP) is 0.383. The molecule has 0 unspecified atom stereocenters. The lowest BCUT2D eigenvalue weighted by Crippen LogP contribution is -2.43. The molecule has 1 heterocycles. The number of morpholine rings is 1. The molecule has 1 fully saturated rings. The van der Waals surface area contributed by atoms with Crippen molar-refractivity contribution in [2.24, 2.45) is 0 Å². The number of rotatable bonds is 0. The topological polar surface area (TPSA) is 21.3 Å². The highest BCUT2D eigenvalue weighted by Gasteiger charge is 2.12. The fraction of sp³-hybridized carbons (Fsp3) is 1.00. The van der Waals surface area contributed by atoms with E-state index in [2.05, 4.69) is 19.2 Å². The third-order valence-electron chi connectivity index (χ3n) is 1.38. The first-order valence-electron chi connectivity index (χ1n) is 3.14. The molecule has 0 spiro atoms. The van der Waals surface area contributed by atoms with E-state index in [1.165, 1.54) is 0 Å². The van der Waals surface area contributed by atoms with Crippen molar-refractivity contribution in [1.82, 2.24) is 5.32 Å². The minimum atomic E-state index is 0.409. The smallest absolute Gasteiger partial charge is 0.0672 e. The number of ether oxygens (including phenoxy) is 1. The normalized spacial score (nSPS) is 39.8. The minimum Gasteiger partial charge on any atom is -0.376 e. The van der Waals surface area contributed by atoms with E-state index in [1.54, 1.807) is 0 Å². The molecular formula is C6H13NO. The van der Waals surface area contributed by atoms with Crippen molar-refractivity contribution in [2.45, 2.75) is 26.0 Å². The fourth-order valence-electron chi connectivity index (χ4n) is 0.794. The lowest BCUT2D eigenvalue weighted by atomic mass is 10.3. The average Bonchev–Trinajstić information content (AvgIpc) is 1.77. The zero-order valence-electron chi connectivity index (χ0n) is 5.48. The van der Waals surface area contributed by atoms with Gasteiger partial charge in [0.2, 0.25) is 0 Å². The van der Waals surface area contributed by atoms with E-state index in [4.69, 9.17) is 4.74 Å². The molecule has 0 aromatic rings. The standard InChI is InChI=1S/C6H13NO/c1-5-4-8-6(2)3-7-5/h5-7H,3-4H2,1-2H3/t5-,6+/m1/s1. The van der Waals surface area contributed by atoms with Gasteiger partial charge in [-0.05, 0) is 13.8 Å². The lowest BCUT2D eigenvalue weighted by molar-refractivity contribution is 0.0196. The van der Waals surface area contributed by atoms with E-state index in [0.717, 1.165) is 13.2 Å². The molecule has 1 N–H and O–H groups in total. The van der Waals surface area contributed by atoms with Crippen LogP contribution < -0.4 is 5.32 Å². The molecule has 1 rings (SSSR count). The molecule has 0 saturated carbocycles. The van der Waals surface area contributed by atoms with Crippen LogP contribution in [0.25, 0.3) is 0 Å². The summed E-state index contributed by atoms with van der Waals surface area (Å²) in [6, 6.07) is 0.547. The van der Waals surface area contributed by atoms with Crippen molar-refractivity contribution in [3.05, 3.63) is 0 Å². The molecule has 1 aliphatic heterocycles. The largest absolute Gasteiger partial charge is 0.376 e. The summed E-state index contributed by atoms with van der Waals surface area (Å²) in [6.07, 6.45) is 0.409. The maximum Gasteiger partial charge on any atom is 0.0672 e. The van der Waals surface area contributed by atoms with E-state index in [0.29, 0.717) is 12.1 Å². The number of hydrogen-bond donors (Lipinski definition) is 1. The second kappa shape index (κ2) is 2.46. The Hall–Kier alpha value is -0.0800. The van der Waals surface area contributed by atoms with Gasteiger partial charge in [-0.1, -0.05) is 0 Å². The van der Waals surface area contributed by atoms with Crippen LogP contribution in [0.5, 0.6) is 0 Å². The third-order valence-corrected chi connectivity index (χ3v) is 1.38. The van der Waals surface area contributed by atoms with Crippen molar-refractivity contribution < 1.29 is 4.74 Å². The summed E-state index contributed by atoms with van der Waals surface area (Å²) >= 11 is 0. The van der Waals surface area contributed by atoms with Gasteiger partial charge in [-0.3, -0.25) is 0 Å². The van der Waals surface area contributed by atoms with Crippen molar-refractivity contribution >= 4 is 0 Å². The Morgan fingerprint density at radius 1 is 1.50 bits per heavy atom. The Bertz CT molecular complexity index is 56.9. The van der Waals surface area contributed by atoms with Gasteiger partial charge in [0.25, 0.3) is 0 Å². The summed E-state index contributed by atoms with van der Waals surface area (Å²) < 4.78 is 5.33. The van der Waals surface area contributed by atoms with Crippen LogP contribution >= 0.6 is 0 Å².